The highest BCUT2D eigenvalue weighted by molar-refractivity contribution is 5.84. The van der Waals surface area contributed by atoms with E-state index in [1.54, 1.807) is 0 Å². The van der Waals surface area contributed by atoms with Gasteiger partial charge in [-0.05, 0) is 13.3 Å². The fraction of sp³-hybridized carbons (Fsp3) is 0.545. The Labute approximate surface area is 99.8 Å². The summed E-state index contributed by atoms with van der Waals surface area (Å²) in [7, 11) is 0. The lowest BCUT2D eigenvalue weighted by atomic mass is 10.3. The van der Waals surface area contributed by atoms with Gasteiger partial charge in [0.15, 0.2) is 0 Å². The zero-order valence-corrected chi connectivity index (χ0v) is 10.2. The number of rotatable bonds is 3. The number of nitrogen functional groups attached to an aromatic ring is 1. The summed E-state index contributed by atoms with van der Waals surface area (Å²) < 4.78 is 1.82. The maximum atomic E-state index is 11.4. The normalized spacial score (nSPS) is 14.5. The fourth-order valence-electron chi connectivity index (χ4n) is 1.88. The van der Waals surface area contributed by atoms with E-state index in [-0.39, 0.29) is 11.5 Å². The third-order valence-electron chi connectivity index (χ3n) is 2.70. The molecule has 2 N–H and O–H groups in total. The number of unbranched alkanes of at least 4 members (excludes halogenated alkanes) is 1. The lowest BCUT2D eigenvalue weighted by molar-refractivity contribution is 0.672. The van der Waals surface area contributed by atoms with Crippen LogP contribution in [0.15, 0.2) is 16.0 Å². The standard InChI is InChI=1S/C11H17N5O/c1-3-4-5-16-10-6-9(17)13-11(12)15(10)7-8(2)14-16/h6H,3-5,7H2,1-2H3,(H2,12,13,17). The van der Waals surface area contributed by atoms with Gasteiger partial charge < -0.3 is 5.73 Å². The second-order valence-electron chi connectivity index (χ2n) is 4.21. The summed E-state index contributed by atoms with van der Waals surface area (Å²) in [6, 6.07) is 1.49. The van der Waals surface area contributed by atoms with E-state index < -0.39 is 0 Å². The Bertz CT molecular complexity index is 505. The molecule has 6 nitrogen and oxygen atoms in total. The molecule has 0 bridgehead atoms. The Morgan fingerprint density at radius 1 is 1.53 bits per heavy atom. The first-order valence-electron chi connectivity index (χ1n) is 5.80. The van der Waals surface area contributed by atoms with Crippen molar-refractivity contribution in [2.24, 2.45) is 5.10 Å². The Hall–Kier alpha value is -1.85. The first kappa shape index (κ1) is 11.6. The van der Waals surface area contributed by atoms with E-state index in [1.807, 2.05) is 16.5 Å². The molecule has 1 aromatic rings. The molecule has 0 aliphatic carbocycles. The zero-order chi connectivity index (χ0) is 12.4. The molecule has 17 heavy (non-hydrogen) atoms. The molecule has 6 heteroatoms. The number of nitrogens with zero attached hydrogens (tertiary/aromatic N) is 4. The fourth-order valence-corrected chi connectivity index (χ4v) is 1.88. The number of fused-ring (bicyclic) bond motifs is 1. The van der Waals surface area contributed by atoms with E-state index in [0.29, 0.717) is 6.54 Å². The van der Waals surface area contributed by atoms with Gasteiger partial charge in [0.2, 0.25) is 5.95 Å². The molecule has 1 aliphatic rings. The second-order valence-corrected chi connectivity index (χ2v) is 4.21. The molecule has 2 heterocycles. The molecule has 1 aromatic heterocycles. The SMILES string of the molecule is CCCCN1N=C(C)Cn2c1cc(=O)nc2N. The lowest BCUT2D eigenvalue weighted by Crippen LogP contribution is -2.33. The molecule has 0 amide bonds. The minimum absolute atomic E-state index is 0.253. The molecule has 0 spiro atoms. The molecular formula is C11H17N5O. The Balaban J connectivity index is 2.42. The van der Waals surface area contributed by atoms with Crippen molar-refractivity contribution >= 4 is 17.5 Å². The first-order chi connectivity index (χ1) is 8.11. The van der Waals surface area contributed by atoms with Gasteiger partial charge in [-0.2, -0.15) is 10.1 Å². The predicted molar refractivity (Wildman–Crippen MR) is 68.3 cm³/mol. The lowest BCUT2D eigenvalue weighted by Gasteiger charge is -2.28. The van der Waals surface area contributed by atoms with Gasteiger partial charge in [-0.15, -0.1) is 0 Å². The summed E-state index contributed by atoms with van der Waals surface area (Å²) in [4.78, 5) is 15.1. The summed E-state index contributed by atoms with van der Waals surface area (Å²) in [5.41, 5.74) is 6.41. The molecule has 0 saturated carbocycles. The van der Waals surface area contributed by atoms with Crippen LogP contribution in [0.4, 0.5) is 11.8 Å². The van der Waals surface area contributed by atoms with E-state index in [9.17, 15) is 4.79 Å². The van der Waals surface area contributed by atoms with E-state index in [4.69, 9.17) is 5.73 Å². The molecule has 0 atom stereocenters. The number of anilines is 2. The predicted octanol–water partition coefficient (Wildman–Crippen LogP) is 0.821. The van der Waals surface area contributed by atoms with Crippen molar-refractivity contribution in [2.75, 3.05) is 17.3 Å². The highest BCUT2D eigenvalue weighted by Crippen LogP contribution is 2.20. The molecule has 0 radical (unpaired) electrons. The van der Waals surface area contributed by atoms with E-state index >= 15 is 0 Å². The zero-order valence-electron chi connectivity index (χ0n) is 10.2. The molecule has 0 saturated heterocycles. The molecule has 2 rings (SSSR count). The largest absolute Gasteiger partial charge is 0.369 e. The monoisotopic (exact) mass is 235 g/mol. The Morgan fingerprint density at radius 3 is 3.00 bits per heavy atom. The number of hydrazone groups is 1. The van der Waals surface area contributed by atoms with Crippen molar-refractivity contribution in [1.29, 1.82) is 0 Å². The van der Waals surface area contributed by atoms with Crippen LogP contribution < -0.4 is 16.3 Å². The van der Waals surface area contributed by atoms with Gasteiger partial charge in [-0.1, -0.05) is 13.3 Å². The van der Waals surface area contributed by atoms with Gasteiger partial charge in [0.05, 0.1) is 12.3 Å². The minimum atomic E-state index is -0.315. The summed E-state index contributed by atoms with van der Waals surface area (Å²) in [5.74, 6) is 0.991. The average molecular weight is 235 g/mol. The third-order valence-corrected chi connectivity index (χ3v) is 2.70. The Morgan fingerprint density at radius 2 is 2.29 bits per heavy atom. The van der Waals surface area contributed by atoms with Gasteiger partial charge >= 0.3 is 0 Å². The summed E-state index contributed by atoms with van der Waals surface area (Å²) in [6.45, 7) is 5.45. The van der Waals surface area contributed by atoms with Gasteiger partial charge in [0, 0.05) is 12.6 Å². The van der Waals surface area contributed by atoms with Crippen LogP contribution in [0.5, 0.6) is 0 Å². The van der Waals surface area contributed by atoms with Crippen LogP contribution in [-0.2, 0) is 6.54 Å². The van der Waals surface area contributed by atoms with Crippen molar-refractivity contribution in [1.82, 2.24) is 9.55 Å². The smallest absolute Gasteiger partial charge is 0.276 e. The maximum Gasteiger partial charge on any atom is 0.276 e. The maximum absolute atomic E-state index is 11.4. The minimum Gasteiger partial charge on any atom is -0.369 e. The van der Waals surface area contributed by atoms with Crippen molar-refractivity contribution < 1.29 is 0 Å². The van der Waals surface area contributed by atoms with E-state index in [2.05, 4.69) is 17.0 Å². The number of hydrogen-bond donors (Lipinski definition) is 1. The first-order valence-corrected chi connectivity index (χ1v) is 5.80. The van der Waals surface area contributed by atoms with E-state index in [1.165, 1.54) is 6.07 Å². The van der Waals surface area contributed by atoms with Crippen LogP contribution in [0.2, 0.25) is 0 Å². The van der Waals surface area contributed by atoms with Crippen molar-refractivity contribution in [3.63, 3.8) is 0 Å². The summed E-state index contributed by atoms with van der Waals surface area (Å²) in [6.07, 6.45) is 2.10. The van der Waals surface area contributed by atoms with Gasteiger partial charge in [0.25, 0.3) is 5.56 Å². The van der Waals surface area contributed by atoms with Crippen LogP contribution in [0.3, 0.4) is 0 Å². The molecule has 92 valence electrons. The van der Waals surface area contributed by atoms with Crippen LogP contribution in [0.1, 0.15) is 26.7 Å². The van der Waals surface area contributed by atoms with Crippen molar-refractivity contribution in [3.8, 4) is 0 Å². The Kier molecular flexibility index (Phi) is 3.12. The second kappa shape index (κ2) is 4.57. The summed E-state index contributed by atoms with van der Waals surface area (Å²) in [5, 5.41) is 6.29. The molecule has 0 unspecified atom stereocenters. The molecule has 0 aromatic carbocycles. The van der Waals surface area contributed by atoms with Crippen LogP contribution in [0.25, 0.3) is 0 Å². The molecule has 0 fully saturated rings. The molecule has 1 aliphatic heterocycles. The van der Waals surface area contributed by atoms with Gasteiger partial charge in [-0.25, -0.2) is 5.01 Å². The van der Waals surface area contributed by atoms with Crippen molar-refractivity contribution in [3.05, 3.63) is 16.4 Å². The quantitative estimate of drug-likeness (QED) is 0.841. The van der Waals surface area contributed by atoms with Crippen LogP contribution in [0, 0.1) is 0 Å². The molecular weight excluding hydrogens is 218 g/mol. The van der Waals surface area contributed by atoms with Crippen LogP contribution >= 0.6 is 0 Å². The number of hydrogen-bond acceptors (Lipinski definition) is 5. The van der Waals surface area contributed by atoms with Gasteiger partial charge in [0.1, 0.15) is 5.82 Å². The van der Waals surface area contributed by atoms with E-state index in [0.717, 1.165) is 30.9 Å². The van der Waals surface area contributed by atoms with Crippen molar-refractivity contribution in [2.45, 2.75) is 33.2 Å². The highest BCUT2D eigenvalue weighted by atomic mass is 16.1. The third kappa shape index (κ3) is 2.30. The topological polar surface area (TPSA) is 76.5 Å². The number of nitrogens with two attached hydrogens (primary N) is 1. The summed E-state index contributed by atoms with van der Waals surface area (Å²) >= 11 is 0. The number of aromatic nitrogens is 2. The van der Waals surface area contributed by atoms with Gasteiger partial charge in [-0.3, -0.25) is 9.36 Å². The van der Waals surface area contributed by atoms with Crippen LogP contribution in [-0.4, -0.2) is 21.8 Å². The highest BCUT2D eigenvalue weighted by Gasteiger charge is 2.18. The average Bonchev–Trinajstić information content (AvgIpc) is 2.27.